The number of amides is 2. The molecule has 0 bridgehead atoms. The number of methoxy groups -OCH3 is 1. The first kappa shape index (κ1) is 20.6. The first-order valence-electron chi connectivity index (χ1n) is 9.16. The highest BCUT2D eigenvalue weighted by Crippen LogP contribution is 2.24. The number of halogens is 1. The van der Waals surface area contributed by atoms with E-state index >= 15 is 0 Å². The van der Waals surface area contributed by atoms with Gasteiger partial charge in [0.15, 0.2) is 0 Å². The second-order valence-corrected chi connectivity index (χ2v) is 8.03. The second kappa shape index (κ2) is 9.85. The fourth-order valence-electron chi connectivity index (χ4n) is 3.06. The summed E-state index contributed by atoms with van der Waals surface area (Å²) in [6.45, 7) is 2.26. The maximum Gasteiger partial charge on any atom is 0.409 e. The standard InChI is InChI=1S/C21H23ClN2O3S/c1-27-21(26)24-12-2-11-23(13-14-24)20(25)17-5-3-16(4-6-17)15-28-19-9-7-18(22)8-10-19/h3-10H,2,11-15H2,1H3. The van der Waals surface area contributed by atoms with Crippen LogP contribution < -0.4 is 0 Å². The molecule has 2 amide bonds. The van der Waals surface area contributed by atoms with Gasteiger partial charge in [-0.2, -0.15) is 0 Å². The van der Waals surface area contributed by atoms with Crippen LogP contribution in [0.5, 0.6) is 0 Å². The average molecular weight is 419 g/mol. The van der Waals surface area contributed by atoms with Gasteiger partial charge in [0.25, 0.3) is 5.91 Å². The van der Waals surface area contributed by atoms with Crippen molar-refractivity contribution < 1.29 is 14.3 Å². The molecule has 0 unspecified atom stereocenters. The van der Waals surface area contributed by atoms with Gasteiger partial charge >= 0.3 is 6.09 Å². The highest BCUT2D eigenvalue weighted by Gasteiger charge is 2.23. The molecule has 7 heteroatoms. The molecule has 0 aromatic heterocycles. The predicted octanol–water partition coefficient (Wildman–Crippen LogP) is 4.55. The van der Waals surface area contributed by atoms with Crippen molar-refractivity contribution in [3.63, 3.8) is 0 Å². The minimum Gasteiger partial charge on any atom is -0.453 e. The quantitative estimate of drug-likeness (QED) is 0.683. The summed E-state index contributed by atoms with van der Waals surface area (Å²) in [5, 5.41) is 0.732. The highest BCUT2D eigenvalue weighted by molar-refractivity contribution is 7.98. The largest absolute Gasteiger partial charge is 0.453 e. The van der Waals surface area contributed by atoms with Crippen LogP contribution in [0.25, 0.3) is 0 Å². The number of benzene rings is 2. The lowest BCUT2D eigenvalue weighted by Crippen LogP contribution is -2.37. The smallest absolute Gasteiger partial charge is 0.409 e. The molecule has 3 rings (SSSR count). The third-order valence-electron chi connectivity index (χ3n) is 4.64. The maximum atomic E-state index is 12.8. The molecule has 0 N–H and O–H groups in total. The Hall–Kier alpha value is -2.18. The normalized spacial score (nSPS) is 14.5. The fraction of sp³-hybridized carbons (Fsp3) is 0.333. The van der Waals surface area contributed by atoms with Crippen LogP contribution in [0.2, 0.25) is 5.02 Å². The summed E-state index contributed by atoms with van der Waals surface area (Å²) in [5.74, 6) is 0.831. The molecular weight excluding hydrogens is 396 g/mol. The lowest BCUT2D eigenvalue weighted by Gasteiger charge is -2.21. The monoisotopic (exact) mass is 418 g/mol. The first-order valence-corrected chi connectivity index (χ1v) is 10.5. The Morgan fingerprint density at radius 1 is 0.964 bits per heavy atom. The van der Waals surface area contributed by atoms with E-state index in [4.69, 9.17) is 16.3 Å². The minimum atomic E-state index is -0.336. The third-order valence-corrected chi connectivity index (χ3v) is 5.97. The lowest BCUT2D eigenvalue weighted by molar-refractivity contribution is 0.0757. The summed E-state index contributed by atoms with van der Waals surface area (Å²) >= 11 is 7.64. The molecule has 1 saturated heterocycles. The van der Waals surface area contributed by atoms with Crippen LogP contribution in [0.3, 0.4) is 0 Å². The molecule has 1 fully saturated rings. The van der Waals surface area contributed by atoms with E-state index < -0.39 is 0 Å². The summed E-state index contributed by atoms with van der Waals surface area (Å²) in [6.07, 6.45) is 0.410. The van der Waals surface area contributed by atoms with Gasteiger partial charge in [0.05, 0.1) is 7.11 Å². The average Bonchev–Trinajstić information content (AvgIpc) is 2.99. The zero-order valence-corrected chi connectivity index (χ0v) is 17.3. The molecule has 0 radical (unpaired) electrons. The van der Waals surface area contributed by atoms with E-state index in [-0.39, 0.29) is 12.0 Å². The molecule has 1 heterocycles. The van der Waals surface area contributed by atoms with Gasteiger partial charge in [0.2, 0.25) is 0 Å². The number of hydrogen-bond donors (Lipinski definition) is 0. The molecule has 1 aliphatic rings. The molecule has 1 aliphatic heterocycles. The van der Waals surface area contributed by atoms with Crippen LogP contribution in [-0.2, 0) is 10.5 Å². The van der Waals surface area contributed by atoms with Crippen LogP contribution >= 0.6 is 23.4 Å². The lowest BCUT2D eigenvalue weighted by atomic mass is 10.1. The van der Waals surface area contributed by atoms with E-state index in [1.807, 2.05) is 48.5 Å². The van der Waals surface area contributed by atoms with Crippen molar-refractivity contribution in [2.75, 3.05) is 33.3 Å². The van der Waals surface area contributed by atoms with Crippen molar-refractivity contribution in [2.24, 2.45) is 0 Å². The number of rotatable bonds is 4. The van der Waals surface area contributed by atoms with E-state index in [2.05, 4.69) is 0 Å². The minimum absolute atomic E-state index is 0.00335. The molecule has 0 atom stereocenters. The summed E-state index contributed by atoms with van der Waals surface area (Å²) in [7, 11) is 1.38. The number of carbonyl (C=O) groups excluding carboxylic acids is 2. The number of ether oxygens (including phenoxy) is 1. The maximum absolute atomic E-state index is 12.8. The van der Waals surface area contributed by atoms with E-state index in [1.165, 1.54) is 7.11 Å². The summed E-state index contributed by atoms with van der Waals surface area (Å²) < 4.78 is 4.77. The summed E-state index contributed by atoms with van der Waals surface area (Å²) in [6, 6.07) is 15.5. The Balaban J connectivity index is 1.55. The molecule has 0 aliphatic carbocycles. The zero-order chi connectivity index (χ0) is 19.9. The predicted molar refractivity (Wildman–Crippen MR) is 112 cm³/mol. The van der Waals surface area contributed by atoms with Crippen LogP contribution in [-0.4, -0.2) is 55.1 Å². The zero-order valence-electron chi connectivity index (χ0n) is 15.8. The van der Waals surface area contributed by atoms with Gasteiger partial charge < -0.3 is 14.5 Å². The molecule has 2 aromatic rings. The topological polar surface area (TPSA) is 49.9 Å². The molecule has 0 spiro atoms. The molecule has 2 aromatic carbocycles. The van der Waals surface area contributed by atoms with Crippen molar-refractivity contribution in [1.82, 2.24) is 9.80 Å². The van der Waals surface area contributed by atoms with Crippen molar-refractivity contribution >= 4 is 35.4 Å². The van der Waals surface area contributed by atoms with Gasteiger partial charge in [-0.15, -0.1) is 11.8 Å². The number of carbonyl (C=O) groups is 2. The number of hydrogen-bond acceptors (Lipinski definition) is 4. The number of nitrogens with zero attached hydrogens (tertiary/aromatic N) is 2. The Morgan fingerprint density at radius 2 is 1.61 bits per heavy atom. The molecule has 0 saturated carbocycles. The van der Waals surface area contributed by atoms with Gasteiger partial charge in [0, 0.05) is 47.4 Å². The Labute approximate surface area is 174 Å². The second-order valence-electron chi connectivity index (χ2n) is 6.54. The Bertz CT molecular complexity index is 811. The van der Waals surface area contributed by atoms with Crippen LogP contribution in [0.1, 0.15) is 22.3 Å². The third kappa shape index (κ3) is 5.42. The van der Waals surface area contributed by atoms with E-state index in [9.17, 15) is 9.59 Å². The van der Waals surface area contributed by atoms with E-state index in [0.717, 1.165) is 27.7 Å². The Kier molecular flexibility index (Phi) is 7.23. The van der Waals surface area contributed by atoms with Gasteiger partial charge in [-0.3, -0.25) is 4.79 Å². The van der Waals surface area contributed by atoms with Crippen LogP contribution in [0, 0.1) is 0 Å². The van der Waals surface area contributed by atoms with Crippen molar-refractivity contribution in [3.05, 3.63) is 64.7 Å². The highest BCUT2D eigenvalue weighted by atomic mass is 35.5. The summed E-state index contributed by atoms with van der Waals surface area (Å²) in [5.41, 5.74) is 1.83. The van der Waals surface area contributed by atoms with Crippen molar-refractivity contribution in [2.45, 2.75) is 17.1 Å². The molecular formula is C21H23ClN2O3S. The SMILES string of the molecule is COC(=O)N1CCCN(C(=O)c2ccc(CSc3ccc(Cl)cc3)cc2)CC1. The van der Waals surface area contributed by atoms with Crippen LogP contribution in [0.4, 0.5) is 4.79 Å². The van der Waals surface area contributed by atoms with Crippen LogP contribution in [0.15, 0.2) is 53.4 Å². The van der Waals surface area contributed by atoms with E-state index in [0.29, 0.717) is 31.7 Å². The first-order chi connectivity index (χ1) is 13.6. The van der Waals surface area contributed by atoms with Gasteiger partial charge in [0.1, 0.15) is 0 Å². The van der Waals surface area contributed by atoms with Gasteiger partial charge in [-0.25, -0.2) is 4.79 Å². The van der Waals surface area contributed by atoms with Gasteiger partial charge in [-0.05, 0) is 48.4 Å². The Morgan fingerprint density at radius 3 is 2.29 bits per heavy atom. The fourth-order valence-corrected chi connectivity index (χ4v) is 4.04. The molecule has 28 heavy (non-hydrogen) atoms. The summed E-state index contributed by atoms with van der Waals surface area (Å²) in [4.78, 5) is 29.1. The van der Waals surface area contributed by atoms with E-state index in [1.54, 1.807) is 21.6 Å². The van der Waals surface area contributed by atoms with Crippen molar-refractivity contribution in [1.29, 1.82) is 0 Å². The molecule has 5 nitrogen and oxygen atoms in total. The molecule has 148 valence electrons. The van der Waals surface area contributed by atoms with Crippen molar-refractivity contribution in [3.8, 4) is 0 Å². The number of thioether (sulfide) groups is 1. The van der Waals surface area contributed by atoms with Gasteiger partial charge in [-0.1, -0.05) is 23.7 Å².